The highest BCUT2D eigenvalue weighted by Crippen LogP contribution is 2.49. The first-order chi connectivity index (χ1) is 13.6. The van der Waals surface area contributed by atoms with Crippen molar-refractivity contribution in [1.29, 1.82) is 0 Å². The average Bonchev–Trinajstić information content (AvgIpc) is 3.35. The molecule has 6 rings (SSSR count). The van der Waals surface area contributed by atoms with Crippen molar-refractivity contribution in [2.45, 2.75) is 25.3 Å². The third kappa shape index (κ3) is 1.97. The van der Waals surface area contributed by atoms with Crippen molar-refractivity contribution in [2.24, 2.45) is 0 Å². The van der Waals surface area contributed by atoms with Gasteiger partial charge in [0.1, 0.15) is 5.58 Å². The van der Waals surface area contributed by atoms with Crippen LogP contribution < -0.4 is 10.5 Å². The van der Waals surface area contributed by atoms with E-state index in [0.717, 1.165) is 47.3 Å². The van der Waals surface area contributed by atoms with Crippen molar-refractivity contribution in [2.75, 3.05) is 11.4 Å². The van der Waals surface area contributed by atoms with Gasteiger partial charge in [0, 0.05) is 36.0 Å². The van der Waals surface area contributed by atoms with E-state index in [-0.39, 0.29) is 11.2 Å². The maximum atomic E-state index is 12.3. The normalized spacial score (nSPS) is 20.1. The second-order valence-electron chi connectivity index (χ2n) is 7.97. The predicted octanol–water partition coefficient (Wildman–Crippen LogP) is 5.08. The topological polar surface area (TPSA) is 38.4 Å². The molecule has 1 saturated heterocycles. The highest BCUT2D eigenvalue weighted by molar-refractivity contribution is 5.97. The Labute approximate surface area is 162 Å². The molecule has 0 bridgehead atoms. The van der Waals surface area contributed by atoms with Gasteiger partial charge < -0.3 is 13.9 Å². The fraction of sp³-hybridized carbons (Fsp3) is 0.208. The van der Waals surface area contributed by atoms with Crippen molar-refractivity contribution in [3.05, 3.63) is 83.0 Å². The number of fused-ring (bicyclic) bond motifs is 7. The predicted molar refractivity (Wildman–Crippen MR) is 111 cm³/mol. The van der Waals surface area contributed by atoms with Crippen LogP contribution >= 0.6 is 0 Å². The average molecular weight is 368 g/mol. The number of benzene rings is 2. The van der Waals surface area contributed by atoms with E-state index in [1.807, 2.05) is 30.3 Å². The van der Waals surface area contributed by atoms with Crippen molar-refractivity contribution >= 4 is 16.7 Å². The minimum atomic E-state index is -0.312. The van der Waals surface area contributed by atoms with E-state index in [1.54, 1.807) is 6.07 Å². The number of hydrogen-bond donors (Lipinski definition) is 0. The molecule has 4 nitrogen and oxygen atoms in total. The molecule has 1 atom stereocenters. The molecule has 2 aliphatic heterocycles. The van der Waals surface area contributed by atoms with Crippen molar-refractivity contribution in [3.63, 3.8) is 0 Å². The molecule has 4 aromatic rings. The Bertz CT molecular complexity index is 1290. The number of hydrogen-bond acceptors (Lipinski definition) is 3. The number of aromatic nitrogens is 1. The van der Waals surface area contributed by atoms with E-state index >= 15 is 0 Å². The molecule has 0 radical (unpaired) electrons. The molecular formula is C24H20N2O2. The Hall–Kier alpha value is -3.27. The molecule has 4 heterocycles. The second-order valence-corrected chi connectivity index (χ2v) is 7.97. The molecule has 0 aliphatic carbocycles. The van der Waals surface area contributed by atoms with Gasteiger partial charge >= 0.3 is 5.63 Å². The zero-order valence-corrected chi connectivity index (χ0v) is 15.7. The van der Waals surface area contributed by atoms with Gasteiger partial charge in [-0.25, -0.2) is 4.79 Å². The molecule has 0 spiro atoms. The fourth-order valence-corrected chi connectivity index (χ4v) is 5.10. The molecule has 138 valence electrons. The number of anilines is 1. The van der Waals surface area contributed by atoms with Crippen molar-refractivity contribution in [3.8, 4) is 16.8 Å². The summed E-state index contributed by atoms with van der Waals surface area (Å²) in [6, 6.07) is 20.2. The SMILES string of the molecule is CC12CCCN1c1cc3oc(=O)cc(-c4ccccc4)c3cc1-n1cccc12. The summed E-state index contributed by atoms with van der Waals surface area (Å²) in [6.45, 7) is 3.33. The summed E-state index contributed by atoms with van der Waals surface area (Å²) < 4.78 is 7.95. The summed E-state index contributed by atoms with van der Waals surface area (Å²) in [6.07, 6.45) is 4.43. The van der Waals surface area contributed by atoms with Crippen molar-refractivity contribution in [1.82, 2.24) is 4.57 Å². The third-order valence-electron chi connectivity index (χ3n) is 6.42. The minimum absolute atomic E-state index is 0.0124. The summed E-state index contributed by atoms with van der Waals surface area (Å²) >= 11 is 0. The van der Waals surface area contributed by atoms with Gasteiger partial charge in [-0.15, -0.1) is 0 Å². The van der Waals surface area contributed by atoms with Crippen LogP contribution in [0, 0.1) is 0 Å². The van der Waals surface area contributed by atoms with Crippen LogP contribution in [-0.4, -0.2) is 11.1 Å². The molecule has 28 heavy (non-hydrogen) atoms. The van der Waals surface area contributed by atoms with Gasteiger partial charge in [0.2, 0.25) is 0 Å². The Morgan fingerprint density at radius 3 is 2.71 bits per heavy atom. The first kappa shape index (κ1) is 15.8. The summed E-state index contributed by atoms with van der Waals surface area (Å²) in [4.78, 5) is 14.8. The van der Waals surface area contributed by atoms with Gasteiger partial charge in [-0.3, -0.25) is 0 Å². The summed E-state index contributed by atoms with van der Waals surface area (Å²) in [5, 5.41) is 0.965. The second kappa shape index (κ2) is 5.38. The van der Waals surface area contributed by atoms with E-state index in [0.29, 0.717) is 5.58 Å². The highest BCUT2D eigenvalue weighted by atomic mass is 16.4. The summed E-state index contributed by atoms with van der Waals surface area (Å²) in [5.41, 5.74) is 5.88. The zero-order chi connectivity index (χ0) is 18.9. The van der Waals surface area contributed by atoms with Crippen LogP contribution in [0.2, 0.25) is 0 Å². The van der Waals surface area contributed by atoms with E-state index in [1.165, 1.54) is 5.69 Å². The molecule has 4 heteroatoms. The van der Waals surface area contributed by atoms with Gasteiger partial charge in [0.05, 0.1) is 16.9 Å². The van der Waals surface area contributed by atoms with Crippen LogP contribution in [0.4, 0.5) is 5.69 Å². The minimum Gasteiger partial charge on any atom is -0.423 e. The molecule has 2 aromatic heterocycles. The Morgan fingerprint density at radius 2 is 1.86 bits per heavy atom. The van der Waals surface area contributed by atoms with Gasteiger partial charge in [-0.2, -0.15) is 0 Å². The maximum absolute atomic E-state index is 12.3. The lowest BCUT2D eigenvalue weighted by atomic mass is 9.91. The first-order valence-electron chi connectivity index (χ1n) is 9.78. The Morgan fingerprint density at radius 1 is 1.00 bits per heavy atom. The standard InChI is InChI=1S/C24H20N2O2/c1-24-10-6-12-26(24)20-15-21-18(13-19(20)25-11-5-9-22(24)25)17(14-23(27)28-21)16-7-3-2-4-8-16/h2-5,7-9,11,13-15H,6,10,12H2,1H3. The molecule has 0 N–H and O–H groups in total. The first-order valence-corrected chi connectivity index (χ1v) is 9.78. The molecule has 2 aliphatic rings. The highest BCUT2D eigenvalue weighted by Gasteiger charge is 2.44. The van der Waals surface area contributed by atoms with E-state index in [4.69, 9.17) is 4.42 Å². The monoisotopic (exact) mass is 368 g/mol. The van der Waals surface area contributed by atoms with Crippen LogP contribution in [0.3, 0.4) is 0 Å². The van der Waals surface area contributed by atoms with Gasteiger partial charge in [0.25, 0.3) is 0 Å². The molecule has 2 aromatic carbocycles. The third-order valence-corrected chi connectivity index (χ3v) is 6.42. The van der Waals surface area contributed by atoms with Crippen LogP contribution in [-0.2, 0) is 5.54 Å². The smallest absolute Gasteiger partial charge is 0.336 e. The van der Waals surface area contributed by atoms with Crippen molar-refractivity contribution < 1.29 is 4.42 Å². The summed E-state index contributed by atoms with van der Waals surface area (Å²) in [7, 11) is 0. The lowest BCUT2D eigenvalue weighted by molar-refractivity contribution is 0.457. The quantitative estimate of drug-likeness (QED) is 0.440. The van der Waals surface area contributed by atoms with Gasteiger partial charge in [-0.05, 0) is 49.1 Å². The Balaban J connectivity index is 1.70. The lowest BCUT2D eigenvalue weighted by Crippen LogP contribution is -2.43. The van der Waals surface area contributed by atoms with E-state index in [9.17, 15) is 4.79 Å². The van der Waals surface area contributed by atoms with Gasteiger partial charge in [0.15, 0.2) is 0 Å². The lowest BCUT2D eigenvalue weighted by Gasteiger charge is -2.43. The van der Waals surface area contributed by atoms with Crippen LogP contribution in [0.25, 0.3) is 27.8 Å². The van der Waals surface area contributed by atoms with E-state index in [2.05, 4.69) is 46.9 Å². The van der Waals surface area contributed by atoms with Crippen LogP contribution in [0.5, 0.6) is 0 Å². The van der Waals surface area contributed by atoms with Crippen LogP contribution in [0.15, 0.2) is 76.1 Å². The molecular weight excluding hydrogens is 348 g/mol. The number of rotatable bonds is 1. The molecule has 0 saturated carbocycles. The Kier molecular flexibility index (Phi) is 3.03. The largest absolute Gasteiger partial charge is 0.423 e. The fourth-order valence-electron chi connectivity index (χ4n) is 5.10. The number of nitrogens with zero attached hydrogens (tertiary/aromatic N) is 2. The molecule has 0 amide bonds. The maximum Gasteiger partial charge on any atom is 0.336 e. The van der Waals surface area contributed by atoms with Gasteiger partial charge in [-0.1, -0.05) is 30.3 Å². The zero-order valence-electron chi connectivity index (χ0n) is 15.7. The molecule has 1 fully saturated rings. The van der Waals surface area contributed by atoms with E-state index < -0.39 is 0 Å². The summed E-state index contributed by atoms with van der Waals surface area (Å²) in [5.74, 6) is 0. The van der Waals surface area contributed by atoms with Crippen LogP contribution in [0.1, 0.15) is 25.5 Å². The molecule has 1 unspecified atom stereocenters.